The van der Waals surface area contributed by atoms with Gasteiger partial charge in [-0.15, -0.1) is 0 Å². The molecule has 1 unspecified atom stereocenters. The fraction of sp³-hybridized carbons (Fsp3) is 0.400. The van der Waals surface area contributed by atoms with Gasteiger partial charge in [-0.2, -0.15) is 0 Å². The molecule has 0 fully saturated rings. The summed E-state index contributed by atoms with van der Waals surface area (Å²) >= 11 is 0. The molecule has 0 saturated heterocycles. The molecule has 1 aromatic carbocycles. The van der Waals surface area contributed by atoms with Gasteiger partial charge in [0.2, 0.25) is 0 Å². The van der Waals surface area contributed by atoms with Crippen LogP contribution in [0.5, 0.6) is 11.5 Å². The first-order valence-electron chi connectivity index (χ1n) is 6.40. The number of ether oxygens (including phenoxy) is 2. The van der Waals surface area contributed by atoms with Gasteiger partial charge in [0.25, 0.3) is 0 Å². The number of aliphatic hydroxyl groups excluding tert-OH is 1. The van der Waals surface area contributed by atoms with E-state index in [1.807, 2.05) is 30.5 Å². The van der Waals surface area contributed by atoms with Crippen molar-refractivity contribution < 1.29 is 14.6 Å². The maximum absolute atomic E-state index is 9.71. The highest BCUT2D eigenvalue weighted by molar-refractivity contribution is 5.85. The van der Waals surface area contributed by atoms with E-state index < -0.39 is 6.10 Å². The van der Waals surface area contributed by atoms with Crippen molar-refractivity contribution in [3.8, 4) is 11.5 Å². The monoisotopic (exact) mass is 259 g/mol. The Bertz CT molecular complexity index is 551. The van der Waals surface area contributed by atoms with Crippen molar-refractivity contribution in [1.82, 2.24) is 0 Å². The third-order valence-corrected chi connectivity index (χ3v) is 3.70. The van der Waals surface area contributed by atoms with Crippen LogP contribution in [0.4, 0.5) is 0 Å². The zero-order valence-electron chi connectivity index (χ0n) is 11.0. The van der Waals surface area contributed by atoms with Crippen LogP contribution >= 0.6 is 0 Å². The van der Waals surface area contributed by atoms with Gasteiger partial charge in [-0.3, -0.25) is 4.99 Å². The summed E-state index contributed by atoms with van der Waals surface area (Å²) in [4.78, 5) is 4.10. The Labute approximate surface area is 112 Å². The Balaban J connectivity index is 2.13. The molecule has 2 aliphatic rings. The predicted molar refractivity (Wildman–Crippen MR) is 73.4 cm³/mol. The molecule has 4 nitrogen and oxygen atoms in total. The molecule has 1 aromatic rings. The van der Waals surface area contributed by atoms with Gasteiger partial charge in [-0.05, 0) is 12.1 Å². The Morgan fingerprint density at radius 2 is 2.26 bits per heavy atom. The van der Waals surface area contributed by atoms with Gasteiger partial charge in [-0.1, -0.05) is 12.2 Å². The molecule has 0 amide bonds. The minimum atomic E-state index is -0.426. The van der Waals surface area contributed by atoms with E-state index in [0.29, 0.717) is 6.42 Å². The van der Waals surface area contributed by atoms with Crippen LogP contribution in [0.1, 0.15) is 23.5 Å². The molecular weight excluding hydrogens is 242 g/mol. The average molecular weight is 259 g/mol. The summed E-state index contributed by atoms with van der Waals surface area (Å²) in [5.41, 5.74) is 2.16. The Morgan fingerprint density at radius 1 is 1.42 bits per heavy atom. The lowest BCUT2D eigenvalue weighted by Crippen LogP contribution is -2.27. The van der Waals surface area contributed by atoms with Crippen molar-refractivity contribution in [2.24, 2.45) is 4.99 Å². The molecule has 1 aliphatic heterocycles. The van der Waals surface area contributed by atoms with E-state index in [0.717, 1.165) is 22.6 Å². The lowest BCUT2D eigenvalue weighted by Gasteiger charge is -2.22. The molecule has 0 aromatic heterocycles. The van der Waals surface area contributed by atoms with Crippen LogP contribution in [0.3, 0.4) is 0 Å². The molecule has 0 bridgehead atoms. The number of nitrogens with zero attached hydrogens (tertiary/aromatic N) is 1. The second-order valence-electron chi connectivity index (χ2n) is 4.86. The SMILES string of the molecule is CN=Cc1ccc(OC)c2c1C1C=C[C@H](O)C[C@@H]1O2. The lowest BCUT2D eigenvalue weighted by molar-refractivity contribution is 0.117. The van der Waals surface area contributed by atoms with Crippen molar-refractivity contribution in [3.63, 3.8) is 0 Å². The van der Waals surface area contributed by atoms with Gasteiger partial charge in [0.15, 0.2) is 11.5 Å². The maximum atomic E-state index is 9.71. The quantitative estimate of drug-likeness (QED) is 0.652. The van der Waals surface area contributed by atoms with Crippen molar-refractivity contribution in [2.75, 3.05) is 14.2 Å². The molecule has 0 radical (unpaired) electrons. The van der Waals surface area contributed by atoms with E-state index in [-0.39, 0.29) is 12.0 Å². The van der Waals surface area contributed by atoms with Crippen molar-refractivity contribution in [2.45, 2.75) is 24.5 Å². The van der Waals surface area contributed by atoms with Crippen LogP contribution in [0, 0.1) is 0 Å². The van der Waals surface area contributed by atoms with Gasteiger partial charge < -0.3 is 14.6 Å². The number of rotatable bonds is 2. The fourth-order valence-corrected chi connectivity index (χ4v) is 2.86. The Hall–Kier alpha value is -1.81. The number of fused-ring (bicyclic) bond motifs is 3. The van der Waals surface area contributed by atoms with Crippen molar-refractivity contribution in [1.29, 1.82) is 0 Å². The van der Waals surface area contributed by atoms with Gasteiger partial charge >= 0.3 is 0 Å². The predicted octanol–water partition coefficient (Wildman–Crippen LogP) is 1.91. The zero-order valence-corrected chi connectivity index (χ0v) is 11.0. The Morgan fingerprint density at radius 3 is 3.00 bits per heavy atom. The van der Waals surface area contributed by atoms with Gasteiger partial charge in [0.1, 0.15) is 6.10 Å². The second-order valence-corrected chi connectivity index (χ2v) is 4.86. The first-order chi connectivity index (χ1) is 9.24. The van der Waals surface area contributed by atoms with Gasteiger partial charge in [-0.25, -0.2) is 0 Å². The van der Waals surface area contributed by atoms with Crippen LogP contribution in [0.2, 0.25) is 0 Å². The van der Waals surface area contributed by atoms with Crippen LogP contribution in [0.25, 0.3) is 0 Å². The van der Waals surface area contributed by atoms with Gasteiger partial charge in [0, 0.05) is 36.7 Å². The van der Waals surface area contributed by atoms with Crippen LogP contribution < -0.4 is 9.47 Å². The van der Waals surface area contributed by atoms with E-state index in [1.165, 1.54) is 0 Å². The lowest BCUT2D eigenvalue weighted by atomic mass is 9.85. The molecule has 4 heteroatoms. The van der Waals surface area contributed by atoms with Crippen LogP contribution in [-0.4, -0.2) is 37.7 Å². The summed E-state index contributed by atoms with van der Waals surface area (Å²) in [6.07, 6.45) is 5.87. The molecule has 19 heavy (non-hydrogen) atoms. The second kappa shape index (κ2) is 4.70. The highest BCUT2D eigenvalue weighted by atomic mass is 16.5. The number of hydrogen-bond acceptors (Lipinski definition) is 4. The Kier molecular flexibility index (Phi) is 3.03. The smallest absolute Gasteiger partial charge is 0.166 e. The van der Waals surface area contributed by atoms with E-state index in [2.05, 4.69) is 4.99 Å². The third kappa shape index (κ3) is 1.92. The number of methoxy groups -OCH3 is 1. The average Bonchev–Trinajstić information content (AvgIpc) is 2.78. The molecule has 0 saturated carbocycles. The normalized spacial score (nSPS) is 28.1. The molecule has 3 rings (SSSR count). The van der Waals surface area contributed by atoms with Crippen LogP contribution in [0.15, 0.2) is 29.3 Å². The fourth-order valence-electron chi connectivity index (χ4n) is 2.86. The molecule has 1 heterocycles. The van der Waals surface area contributed by atoms with E-state index in [4.69, 9.17) is 9.47 Å². The highest BCUT2D eigenvalue weighted by Crippen LogP contribution is 2.48. The minimum Gasteiger partial charge on any atom is -0.493 e. The number of aliphatic imine (C=N–C) groups is 1. The summed E-state index contributed by atoms with van der Waals surface area (Å²) in [7, 11) is 3.39. The number of aliphatic hydroxyl groups is 1. The van der Waals surface area contributed by atoms with E-state index >= 15 is 0 Å². The molecule has 1 aliphatic carbocycles. The minimum absolute atomic E-state index is 0.0182. The molecule has 3 atom stereocenters. The summed E-state index contributed by atoms with van der Waals surface area (Å²) in [6, 6.07) is 3.89. The highest BCUT2D eigenvalue weighted by Gasteiger charge is 2.39. The zero-order chi connectivity index (χ0) is 13.4. The third-order valence-electron chi connectivity index (χ3n) is 3.70. The summed E-state index contributed by atoms with van der Waals surface area (Å²) < 4.78 is 11.4. The number of benzene rings is 1. The van der Waals surface area contributed by atoms with Gasteiger partial charge in [0.05, 0.1) is 13.2 Å². The molecule has 100 valence electrons. The summed E-state index contributed by atoms with van der Waals surface area (Å²) in [5.74, 6) is 1.69. The van der Waals surface area contributed by atoms with Crippen molar-refractivity contribution in [3.05, 3.63) is 35.4 Å². The van der Waals surface area contributed by atoms with E-state index in [1.54, 1.807) is 14.2 Å². The molecule has 0 spiro atoms. The summed E-state index contributed by atoms with van der Waals surface area (Å²) in [6.45, 7) is 0. The first kappa shape index (κ1) is 12.2. The summed E-state index contributed by atoms with van der Waals surface area (Å²) in [5, 5.41) is 9.71. The number of hydrogen-bond donors (Lipinski definition) is 1. The standard InChI is InChI=1S/C15H17NO3/c1-16-8-9-3-6-12(18-2)15-14(9)11-5-4-10(17)7-13(11)19-15/h3-6,8,10-11,13,17H,7H2,1-2H3/t10-,11?,13-/m0/s1. The van der Waals surface area contributed by atoms with E-state index in [9.17, 15) is 5.11 Å². The molecule has 1 N–H and O–H groups in total. The maximum Gasteiger partial charge on any atom is 0.166 e. The first-order valence-corrected chi connectivity index (χ1v) is 6.40. The van der Waals surface area contributed by atoms with Crippen molar-refractivity contribution >= 4 is 6.21 Å². The topological polar surface area (TPSA) is 51.0 Å². The molecular formula is C15H17NO3. The van der Waals surface area contributed by atoms with Crippen LogP contribution in [-0.2, 0) is 0 Å². The largest absolute Gasteiger partial charge is 0.493 e.